The molecule has 0 aromatic carbocycles. The van der Waals surface area contributed by atoms with E-state index in [9.17, 15) is 8.42 Å². The molecular formula is C11H26N2O2S. The van der Waals surface area contributed by atoms with Crippen molar-refractivity contribution in [3.05, 3.63) is 0 Å². The lowest BCUT2D eigenvalue weighted by molar-refractivity contribution is 0.287. The highest BCUT2D eigenvalue weighted by Gasteiger charge is 2.27. The summed E-state index contributed by atoms with van der Waals surface area (Å²) in [5.74, 6) is 0.209. The van der Waals surface area contributed by atoms with Gasteiger partial charge in [0.1, 0.15) is 0 Å². The molecule has 0 radical (unpaired) electrons. The standard InChI is InChI=1S/C11H26N2O2S/c1-5-6-9-16(14,15)13-10(7-8-12)11(2,3)4/h10,13H,5-9,12H2,1-4H3. The Morgan fingerprint density at radius 1 is 1.31 bits per heavy atom. The van der Waals surface area contributed by atoms with E-state index in [-0.39, 0.29) is 17.2 Å². The molecule has 0 amide bonds. The third kappa shape index (κ3) is 6.45. The molecule has 98 valence electrons. The van der Waals surface area contributed by atoms with Crippen molar-refractivity contribution >= 4 is 10.0 Å². The fourth-order valence-corrected chi connectivity index (χ4v) is 3.14. The van der Waals surface area contributed by atoms with Crippen molar-refractivity contribution in [2.75, 3.05) is 12.3 Å². The highest BCUT2D eigenvalue weighted by molar-refractivity contribution is 7.89. The van der Waals surface area contributed by atoms with Crippen LogP contribution in [0.15, 0.2) is 0 Å². The molecule has 0 saturated heterocycles. The first-order chi connectivity index (χ1) is 7.23. The molecule has 0 aliphatic carbocycles. The maximum Gasteiger partial charge on any atom is 0.211 e. The van der Waals surface area contributed by atoms with Crippen molar-refractivity contribution in [3.8, 4) is 0 Å². The molecule has 0 aliphatic rings. The highest BCUT2D eigenvalue weighted by Crippen LogP contribution is 2.22. The largest absolute Gasteiger partial charge is 0.330 e. The zero-order valence-corrected chi connectivity index (χ0v) is 11.7. The van der Waals surface area contributed by atoms with E-state index in [1.807, 2.05) is 27.7 Å². The van der Waals surface area contributed by atoms with Gasteiger partial charge in [0.2, 0.25) is 10.0 Å². The molecule has 0 fully saturated rings. The van der Waals surface area contributed by atoms with Gasteiger partial charge in [-0.3, -0.25) is 0 Å². The first kappa shape index (κ1) is 15.9. The van der Waals surface area contributed by atoms with Gasteiger partial charge in [0.15, 0.2) is 0 Å². The molecule has 0 spiro atoms. The summed E-state index contributed by atoms with van der Waals surface area (Å²) < 4.78 is 26.3. The summed E-state index contributed by atoms with van der Waals surface area (Å²) >= 11 is 0. The van der Waals surface area contributed by atoms with Crippen LogP contribution in [0.2, 0.25) is 0 Å². The summed E-state index contributed by atoms with van der Waals surface area (Å²) in [5.41, 5.74) is 5.41. The lowest BCUT2D eigenvalue weighted by Crippen LogP contribution is -2.45. The molecule has 1 atom stereocenters. The van der Waals surface area contributed by atoms with Gasteiger partial charge in [-0.15, -0.1) is 0 Å². The molecule has 16 heavy (non-hydrogen) atoms. The number of nitrogens with two attached hydrogens (primary N) is 1. The molecule has 3 N–H and O–H groups in total. The molecule has 0 aromatic heterocycles. The first-order valence-electron chi connectivity index (χ1n) is 5.93. The van der Waals surface area contributed by atoms with Crippen LogP contribution >= 0.6 is 0 Å². The highest BCUT2D eigenvalue weighted by atomic mass is 32.2. The van der Waals surface area contributed by atoms with Crippen LogP contribution in [-0.4, -0.2) is 26.8 Å². The summed E-state index contributed by atoms with van der Waals surface area (Å²) in [6.45, 7) is 8.55. The van der Waals surface area contributed by atoms with E-state index in [1.54, 1.807) is 0 Å². The number of hydrogen-bond acceptors (Lipinski definition) is 3. The second kappa shape index (κ2) is 6.57. The zero-order chi connectivity index (χ0) is 12.8. The predicted molar refractivity (Wildman–Crippen MR) is 68.7 cm³/mol. The number of sulfonamides is 1. The van der Waals surface area contributed by atoms with Crippen molar-refractivity contribution in [1.29, 1.82) is 0 Å². The van der Waals surface area contributed by atoms with Crippen LogP contribution in [0, 0.1) is 5.41 Å². The Hall–Kier alpha value is -0.130. The molecular weight excluding hydrogens is 224 g/mol. The normalized spacial score (nSPS) is 15.1. The lowest BCUT2D eigenvalue weighted by atomic mass is 9.85. The van der Waals surface area contributed by atoms with Gasteiger partial charge in [-0.1, -0.05) is 34.1 Å². The average molecular weight is 250 g/mol. The predicted octanol–water partition coefficient (Wildman–Crippen LogP) is 1.47. The van der Waals surface area contributed by atoms with Gasteiger partial charge >= 0.3 is 0 Å². The van der Waals surface area contributed by atoms with Crippen molar-refractivity contribution in [2.24, 2.45) is 11.1 Å². The summed E-state index contributed by atoms with van der Waals surface area (Å²) in [6, 6.07) is -0.0839. The van der Waals surface area contributed by atoms with Gasteiger partial charge in [-0.2, -0.15) is 0 Å². The van der Waals surface area contributed by atoms with Crippen molar-refractivity contribution in [2.45, 2.75) is 53.0 Å². The molecule has 0 saturated carbocycles. The van der Waals surface area contributed by atoms with Crippen molar-refractivity contribution in [1.82, 2.24) is 4.72 Å². The summed E-state index contributed by atoms with van der Waals surface area (Å²) in [4.78, 5) is 0. The van der Waals surface area contributed by atoms with Crippen LogP contribution in [0.5, 0.6) is 0 Å². The van der Waals surface area contributed by atoms with Gasteiger partial charge in [0, 0.05) is 6.04 Å². The van der Waals surface area contributed by atoms with E-state index in [4.69, 9.17) is 5.73 Å². The molecule has 0 heterocycles. The third-order valence-electron chi connectivity index (χ3n) is 2.59. The molecule has 1 unspecified atom stereocenters. The molecule has 4 nitrogen and oxygen atoms in total. The fourth-order valence-electron chi connectivity index (χ4n) is 1.45. The second-order valence-electron chi connectivity index (χ2n) is 5.29. The summed E-state index contributed by atoms with van der Waals surface area (Å²) in [5, 5.41) is 0. The Balaban J connectivity index is 4.50. The second-order valence-corrected chi connectivity index (χ2v) is 7.16. The van der Waals surface area contributed by atoms with E-state index < -0.39 is 10.0 Å². The zero-order valence-electron chi connectivity index (χ0n) is 10.9. The van der Waals surface area contributed by atoms with Crippen LogP contribution in [0.3, 0.4) is 0 Å². The molecule has 0 rings (SSSR count). The van der Waals surface area contributed by atoms with Crippen molar-refractivity contribution < 1.29 is 8.42 Å². The number of hydrogen-bond donors (Lipinski definition) is 2. The minimum Gasteiger partial charge on any atom is -0.330 e. The van der Waals surface area contributed by atoms with Crippen LogP contribution in [0.4, 0.5) is 0 Å². The van der Waals surface area contributed by atoms with Gasteiger partial charge < -0.3 is 5.73 Å². The average Bonchev–Trinajstić information content (AvgIpc) is 2.12. The van der Waals surface area contributed by atoms with Crippen molar-refractivity contribution in [3.63, 3.8) is 0 Å². The Labute approximate surface area is 100 Å². The molecule has 0 bridgehead atoms. The van der Waals surface area contributed by atoms with E-state index >= 15 is 0 Å². The summed E-state index contributed by atoms with van der Waals surface area (Å²) in [6.07, 6.45) is 2.27. The smallest absolute Gasteiger partial charge is 0.211 e. The minimum atomic E-state index is -3.15. The van der Waals surface area contributed by atoms with Crippen LogP contribution in [0.1, 0.15) is 47.0 Å². The molecule has 5 heteroatoms. The summed E-state index contributed by atoms with van der Waals surface area (Å²) in [7, 11) is -3.15. The monoisotopic (exact) mass is 250 g/mol. The Bertz CT molecular complexity index is 281. The van der Waals surface area contributed by atoms with Gasteiger partial charge in [0.05, 0.1) is 5.75 Å². The fraction of sp³-hybridized carbons (Fsp3) is 1.00. The maximum absolute atomic E-state index is 11.8. The van der Waals surface area contributed by atoms with Gasteiger partial charge in [0.25, 0.3) is 0 Å². The molecule has 0 aromatic rings. The van der Waals surface area contributed by atoms with E-state index in [0.29, 0.717) is 19.4 Å². The number of unbranched alkanes of at least 4 members (excludes halogenated alkanes) is 1. The van der Waals surface area contributed by atoms with Crippen LogP contribution in [0.25, 0.3) is 0 Å². The van der Waals surface area contributed by atoms with Gasteiger partial charge in [-0.25, -0.2) is 13.1 Å². The number of rotatable bonds is 7. The third-order valence-corrected chi connectivity index (χ3v) is 4.06. The number of nitrogens with one attached hydrogen (secondary N) is 1. The van der Waals surface area contributed by atoms with Crippen LogP contribution in [-0.2, 0) is 10.0 Å². The van der Waals surface area contributed by atoms with Crippen LogP contribution < -0.4 is 10.5 Å². The minimum absolute atomic E-state index is 0.0839. The maximum atomic E-state index is 11.8. The molecule has 0 aliphatic heterocycles. The quantitative estimate of drug-likeness (QED) is 0.718. The van der Waals surface area contributed by atoms with Gasteiger partial charge in [-0.05, 0) is 24.8 Å². The SMILES string of the molecule is CCCCS(=O)(=O)NC(CCN)C(C)(C)C. The van der Waals surface area contributed by atoms with E-state index in [2.05, 4.69) is 4.72 Å². The van der Waals surface area contributed by atoms with E-state index in [1.165, 1.54) is 0 Å². The van der Waals surface area contributed by atoms with E-state index in [0.717, 1.165) is 6.42 Å². The Morgan fingerprint density at radius 3 is 2.25 bits per heavy atom. The first-order valence-corrected chi connectivity index (χ1v) is 7.58. The Kier molecular flexibility index (Phi) is 6.51. The Morgan fingerprint density at radius 2 is 1.88 bits per heavy atom. The topological polar surface area (TPSA) is 72.2 Å². The lowest BCUT2D eigenvalue weighted by Gasteiger charge is -2.31.